The van der Waals surface area contributed by atoms with Crippen molar-refractivity contribution in [2.45, 2.75) is 58.7 Å². The summed E-state index contributed by atoms with van der Waals surface area (Å²) in [6.45, 7) is 11.8. The smallest absolute Gasteiger partial charge is 0.243 e. The van der Waals surface area contributed by atoms with Crippen LogP contribution < -0.4 is 5.32 Å². The summed E-state index contributed by atoms with van der Waals surface area (Å²) in [6, 6.07) is 7.36. The van der Waals surface area contributed by atoms with Crippen LogP contribution in [0.3, 0.4) is 0 Å². The Kier molecular flexibility index (Phi) is 8.44. The average Bonchev–Trinajstić information content (AvgIpc) is 3.44. The lowest BCUT2D eigenvalue weighted by Crippen LogP contribution is -2.49. The number of thiazole rings is 1. The Morgan fingerprint density at radius 3 is 2.53 bits per heavy atom. The summed E-state index contributed by atoms with van der Waals surface area (Å²) in [4.78, 5) is 35.9. The highest BCUT2D eigenvalue weighted by molar-refractivity contribution is 7.13. The first-order valence-corrected chi connectivity index (χ1v) is 13.6. The average molecular weight is 515 g/mol. The molecule has 2 aliphatic rings. The van der Waals surface area contributed by atoms with E-state index in [0.29, 0.717) is 26.2 Å². The molecule has 1 aromatic carbocycles. The number of aromatic nitrogens is 1. The zero-order valence-electron chi connectivity index (χ0n) is 21.7. The number of aliphatic hydroxyl groups excluding tert-OH is 1. The molecule has 3 atom stereocenters. The quantitative estimate of drug-likeness (QED) is 0.590. The van der Waals surface area contributed by atoms with Crippen LogP contribution in [-0.2, 0) is 14.3 Å². The van der Waals surface area contributed by atoms with Crippen LogP contribution >= 0.6 is 11.3 Å². The minimum Gasteiger partial charge on any atom is -0.391 e. The molecule has 196 valence electrons. The van der Waals surface area contributed by atoms with Crippen molar-refractivity contribution in [3.05, 3.63) is 41.0 Å². The van der Waals surface area contributed by atoms with E-state index in [9.17, 15) is 14.7 Å². The van der Waals surface area contributed by atoms with Crippen molar-refractivity contribution in [3.63, 3.8) is 0 Å². The van der Waals surface area contributed by atoms with Crippen molar-refractivity contribution in [3.8, 4) is 10.4 Å². The molecule has 1 aromatic heterocycles. The molecule has 2 unspecified atom stereocenters. The molecule has 9 heteroatoms. The van der Waals surface area contributed by atoms with Crippen LogP contribution in [0.25, 0.3) is 10.4 Å². The molecular formula is C27H38N4O4S. The summed E-state index contributed by atoms with van der Waals surface area (Å²) in [7, 11) is 0. The first-order valence-electron chi connectivity index (χ1n) is 12.7. The van der Waals surface area contributed by atoms with E-state index >= 15 is 0 Å². The van der Waals surface area contributed by atoms with Gasteiger partial charge in [0.25, 0.3) is 0 Å². The largest absolute Gasteiger partial charge is 0.391 e. The van der Waals surface area contributed by atoms with E-state index in [1.807, 2.05) is 33.2 Å². The van der Waals surface area contributed by atoms with Crippen molar-refractivity contribution in [2.75, 3.05) is 39.4 Å². The summed E-state index contributed by atoms with van der Waals surface area (Å²) in [5.74, 6) is -0.303. The van der Waals surface area contributed by atoms with Crippen LogP contribution in [0.2, 0.25) is 0 Å². The van der Waals surface area contributed by atoms with Gasteiger partial charge in [-0.05, 0) is 23.5 Å². The number of nitrogens with zero attached hydrogens (tertiary/aromatic N) is 3. The van der Waals surface area contributed by atoms with Crippen molar-refractivity contribution < 1.29 is 19.4 Å². The second-order valence-electron chi connectivity index (χ2n) is 11.1. The van der Waals surface area contributed by atoms with Gasteiger partial charge in [0, 0.05) is 39.0 Å². The Hall–Kier alpha value is -2.33. The number of carbonyl (C=O) groups is 2. The summed E-state index contributed by atoms with van der Waals surface area (Å²) >= 11 is 1.62. The molecule has 0 saturated carbocycles. The van der Waals surface area contributed by atoms with E-state index in [2.05, 4.69) is 39.5 Å². The Morgan fingerprint density at radius 1 is 1.22 bits per heavy atom. The summed E-state index contributed by atoms with van der Waals surface area (Å²) in [5.41, 5.74) is 4.77. The maximum atomic E-state index is 13.5. The highest BCUT2D eigenvalue weighted by atomic mass is 32.1. The Labute approximate surface area is 217 Å². The molecule has 2 aliphatic heterocycles. The number of amides is 2. The molecule has 2 fully saturated rings. The van der Waals surface area contributed by atoms with Crippen molar-refractivity contribution >= 4 is 23.2 Å². The summed E-state index contributed by atoms with van der Waals surface area (Å²) < 4.78 is 5.50. The molecule has 0 spiro atoms. The normalized spacial score (nSPS) is 22.0. The van der Waals surface area contributed by atoms with Gasteiger partial charge in [-0.25, -0.2) is 4.98 Å². The first-order chi connectivity index (χ1) is 17.1. The molecule has 3 heterocycles. The Bertz CT molecular complexity index is 1040. The predicted octanol–water partition coefficient (Wildman–Crippen LogP) is 3.01. The van der Waals surface area contributed by atoms with Gasteiger partial charge in [-0.2, -0.15) is 0 Å². The molecule has 0 radical (unpaired) electrons. The molecule has 4 rings (SSSR count). The highest BCUT2D eigenvalue weighted by Gasteiger charge is 2.40. The van der Waals surface area contributed by atoms with Crippen LogP contribution in [0.1, 0.15) is 50.9 Å². The third kappa shape index (κ3) is 6.70. The molecule has 2 aromatic rings. The fraction of sp³-hybridized carbons (Fsp3) is 0.593. The lowest BCUT2D eigenvalue weighted by molar-refractivity contribution is -0.140. The molecular weight excluding hydrogens is 476 g/mol. The zero-order valence-corrected chi connectivity index (χ0v) is 22.5. The van der Waals surface area contributed by atoms with Crippen molar-refractivity contribution in [2.24, 2.45) is 5.41 Å². The molecule has 36 heavy (non-hydrogen) atoms. The number of likely N-dealkylation sites (tertiary alicyclic amines) is 1. The lowest BCUT2D eigenvalue weighted by atomic mass is 9.91. The zero-order chi connectivity index (χ0) is 25.9. The number of carbonyl (C=O) groups excluding carboxylic acids is 2. The maximum absolute atomic E-state index is 13.5. The maximum Gasteiger partial charge on any atom is 0.243 e. The lowest BCUT2D eigenvalue weighted by Gasteiger charge is -2.33. The Balaban J connectivity index is 1.53. The van der Waals surface area contributed by atoms with Crippen LogP contribution in [-0.4, -0.2) is 83.2 Å². The van der Waals surface area contributed by atoms with E-state index in [1.54, 1.807) is 16.2 Å². The molecule has 8 nitrogen and oxygen atoms in total. The fourth-order valence-corrected chi connectivity index (χ4v) is 5.69. The van der Waals surface area contributed by atoms with Crippen molar-refractivity contribution in [1.82, 2.24) is 20.1 Å². The Morgan fingerprint density at radius 2 is 1.92 bits per heavy atom. The number of rotatable bonds is 7. The molecule has 2 N–H and O–H groups in total. The van der Waals surface area contributed by atoms with E-state index in [0.717, 1.165) is 34.8 Å². The van der Waals surface area contributed by atoms with Crippen LogP contribution in [0, 0.1) is 12.3 Å². The first kappa shape index (κ1) is 26.7. The number of hydrogen-bond donors (Lipinski definition) is 2. The van der Waals surface area contributed by atoms with Gasteiger partial charge in [0.05, 0.1) is 41.4 Å². The number of β-amino-alcohol motifs (C(OH)–C–C–N with tert-alkyl or cyclic N) is 1. The number of ether oxygens (including phenoxy) is 1. The van der Waals surface area contributed by atoms with Gasteiger partial charge in [0.1, 0.15) is 6.04 Å². The van der Waals surface area contributed by atoms with E-state index in [4.69, 9.17) is 4.74 Å². The SMILES string of the molecule is Cc1ncsc1-c1ccc([C@H](CN2CCOCC2)NC(=O)C2CC(O)CN2C(=O)CC(C)(C)C)cc1. The number of nitrogens with one attached hydrogen (secondary N) is 1. The minimum atomic E-state index is -0.690. The number of benzene rings is 1. The van der Waals surface area contributed by atoms with Crippen LogP contribution in [0.15, 0.2) is 29.8 Å². The standard InChI is InChI=1S/C27H38N4O4S/c1-18-25(36-17-28-18)20-7-5-19(6-8-20)22(16-30-9-11-35-12-10-30)29-26(34)23-13-21(32)15-31(23)24(33)14-27(2,3)4/h5-8,17,21-23,32H,9-16H2,1-4H3,(H,29,34)/t21?,22-,23?/m0/s1. The van der Waals surface area contributed by atoms with Gasteiger partial charge in [-0.3, -0.25) is 14.5 Å². The third-order valence-electron chi connectivity index (χ3n) is 6.77. The van der Waals surface area contributed by atoms with Gasteiger partial charge >= 0.3 is 0 Å². The number of aryl methyl sites for hydroxylation is 1. The van der Waals surface area contributed by atoms with E-state index in [-0.39, 0.29) is 36.2 Å². The fourth-order valence-electron chi connectivity index (χ4n) is 4.88. The second kappa shape index (κ2) is 11.4. The van der Waals surface area contributed by atoms with Crippen LogP contribution in [0.5, 0.6) is 0 Å². The minimum absolute atomic E-state index is 0.0896. The molecule has 2 amide bonds. The number of hydrogen-bond acceptors (Lipinski definition) is 7. The van der Waals surface area contributed by atoms with Gasteiger partial charge in [-0.15, -0.1) is 11.3 Å². The topological polar surface area (TPSA) is 95.0 Å². The summed E-state index contributed by atoms with van der Waals surface area (Å²) in [6.07, 6.45) is -0.0985. The van der Waals surface area contributed by atoms with Gasteiger partial charge in [-0.1, -0.05) is 45.0 Å². The summed E-state index contributed by atoms with van der Waals surface area (Å²) in [5, 5.41) is 13.5. The van der Waals surface area contributed by atoms with Gasteiger partial charge in [0.15, 0.2) is 0 Å². The van der Waals surface area contributed by atoms with E-state index in [1.165, 1.54) is 0 Å². The molecule has 0 aliphatic carbocycles. The molecule has 0 bridgehead atoms. The third-order valence-corrected chi connectivity index (χ3v) is 7.74. The second-order valence-corrected chi connectivity index (χ2v) is 11.9. The number of morpholine rings is 1. The van der Waals surface area contributed by atoms with Gasteiger partial charge < -0.3 is 20.1 Å². The van der Waals surface area contributed by atoms with Crippen molar-refractivity contribution in [1.29, 1.82) is 0 Å². The molecule has 2 saturated heterocycles. The number of aliphatic hydroxyl groups is 1. The predicted molar refractivity (Wildman–Crippen MR) is 141 cm³/mol. The monoisotopic (exact) mass is 514 g/mol. The highest BCUT2D eigenvalue weighted by Crippen LogP contribution is 2.29. The van der Waals surface area contributed by atoms with Crippen LogP contribution in [0.4, 0.5) is 0 Å². The van der Waals surface area contributed by atoms with E-state index < -0.39 is 12.1 Å². The van der Waals surface area contributed by atoms with Gasteiger partial charge in [0.2, 0.25) is 11.8 Å².